The van der Waals surface area contributed by atoms with E-state index in [2.05, 4.69) is 26.1 Å². The van der Waals surface area contributed by atoms with Crippen LogP contribution in [0.5, 0.6) is 0 Å². The molecule has 1 rings (SSSR count). The third-order valence-corrected chi connectivity index (χ3v) is 3.93. The Balaban J connectivity index is 1.98. The quantitative estimate of drug-likeness (QED) is 0.695. The number of piperidine rings is 1. The highest BCUT2D eigenvalue weighted by Gasteiger charge is 2.20. The molecule has 2 amide bonds. The number of likely N-dealkylation sites (tertiary alicyclic amines) is 1. The lowest BCUT2D eigenvalue weighted by atomic mass is 10.0. The number of nitrogens with zero attached hydrogens (tertiary/aromatic N) is 1. The van der Waals surface area contributed by atoms with E-state index in [1.807, 2.05) is 4.90 Å². The first-order valence-electron chi connectivity index (χ1n) is 8.12. The molecule has 0 aromatic heterocycles. The molecule has 1 saturated heterocycles. The molecule has 1 heterocycles. The minimum absolute atomic E-state index is 0.147. The molecule has 0 radical (unpaired) electrons. The number of hydrogen-bond donors (Lipinski definition) is 1. The smallest absolute Gasteiger partial charge is 0.317 e. The lowest BCUT2D eigenvalue weighted by molar-refractivity contribution is 0.169. The van der Waals surface area contributed by atoms with Crippen molar-refractivity contribution < 1.29 is 4.79 Å². The van der Waals surface area contributed by atoms with Crippen molar-refractivity contribution >= 4 is 6.03 Å². The molecule has 3 nitrogen and oxygen atoms in total. The Morgan fingerprint density at radius 3 is 2.68 bits per heavy atom. The van der Waals surface area contributed by atoms with Gasteiger partial charge in [0.15, 0.2) is 0 Å². The summed E-state index contributed by atoms with van der Waals surface area (Å²) in [7, 11) is 0. The summed E-state index contributed by atoms with van der Waals surface area (Å²) in [4.78, 5) is 13.9. The van der Waals surface area contributed by atoms with Gasteiger partial charge in [-0.05, 0) is 31.1 Å². The van der Waals surface area contributed by atoms with Crippen LogP contribution in [-0.2, 0) is 0 Å². The van der Waals surface area contributed by atoms with Gasteiger partial charge in [0.1, 0.15) is 0 Å². The van der Waals surface area contributed by atoms with E-state index >= 15 is 0 Å². The van der Waals surface area contributed by atoms with E-state index in [1.165, 1.54) is 32.1 Å². The molecule has 0 aromatic rings. The Kier molecular flexibility index (Phi) is 7.92. The van der Waals surface area contributed by atoms with Gasteiger partial charge in [-0.15, -0.1) is 0 Å². The van der Waals surface area contributed by atoms with Crippen molar-refractivity contribution in [3.05, 3.63) is 0 Å². The van der Waals surface area contributed by atoms with E-state index in [0.717, 1.165) is 38.4 Å². The van der Waals surface area contributed by atoms with Crippen molar-refractivity contribution in [3.8, 4) is 0 Å². The predicted octanol–water partition coefficient (Wildman–Crippen LogP) is 4.03. The SMILES string of the molecule is CC(C)CCCCCCNC(=O)N1CCCC(C)C1. The Morgan fingerprint density at radius 1 is 1.26 bits per heavy atom. The van der Waals surface area contributed by atoms with Crippen molar-refractivity contribution in [2.45, 2.75) is 65.7 Å². The second-order valence-corrected chi connectivity index (χ2v) is 6.52. The van der Waals surface area contributed by atoms with Gasteiger partial charge in [0.25, 0.3) is 0 Å². The minimum Gasteiger partial charge on any atom is -0.338 e. The lowest BCUT2D eigenvalue weighted by Gasteiger charge is -2.30. The molecule has 112 valence electrons. The normalized spacial score (nSPS) is 19.8. The number of rotatable bonds is 7. The maximum atomic E-state index is 11.9. The number of unbranched alkanes of at least 4 members (excludes halogenated alkanes) is 3. The average molecular weight is 268 g/mol. The molecule has 3 heteroatoms. The first-order chi connectivity index (χ1) is 9.09. The van der Waals surface area contributed by atoms with Crippen LogP contribution in [0.1, 0.15) is 65.7 Å². The number of carbonyl (C=O) groups is 1. The van der Waals surface area contributed by atoms with Crippen molar-refractivity contribution in [1.82, 2.24) is 10.2 Å². The molecular weight excluding hydrogens is 236 g/mol. The highest BCUT2D eigenvalue weighted by molar-refractivity contribution is 5.74. The Morgan fingerprint density at radius 2 is 2.00 bits per heavy atom. The number of amides is 2. The topological polar surface area (TPSA) is 32.3 Å². The first-order valence-corrected chi connectivity index (χ1v) is 8.12. The minimum atomic E-state index is 0.147. The molecule has 1 unspecified atom stereocenters. The van der Waals surface area contributed by atoms with Gasteiger partial charge in [-0.25, -0.2) is 4.79 Å². The lowest BCUT2D eigenvalue weighted by Crippen LogP contribution is -2.45. The summed E-state index contributed by atoms with van der Waals surface area (Å²) in [6.45, 7) is 9.49. The van der Waals surface area contributed by atoms with Gasteiger partial charge in [-0.1, -0.05) is 46.5 Å². The van der Waals surface area contributed by atoms with Crippen LogP contribution in [0.4, 0.5) is 4.79 Å². The van der Waals surface area contributed by atoms with Crippen molar-refractivity contribution in [3.63, 3.8) is 0 Å². The van der Waals surface area contributed by atoms with E-state index in [1.54, 1.807) is 0 Å². The molecule has 1 aliphatic rings. The molecule has 1 N–H and O–H groups in total. The fourth-order valence-electron chi connectivity index (χ4n) is 2.71. The predicted molar refractivity (Wildman–Crippen MR) is 81.3 cm³/mol. The van der Waals surface area contributed by atoms with Gasteiger partial charge >= 0.3 is 6.03 Å². The monoisotopic (exact) mass is 268 g/mol. The summed E-state index contributed by atoms with van der Waals surface area (Å²) in [5.74, 6) is 1.48. The molecule has 1 atom stereocenters. The molecule has 0 aromatic carbocycles. The second-order valence-electron chi connectivity index (χ2n) is 6.52. The van der Waals surface area contributed by atoms with E-state index < -0.39 is 0 Å². The first kappa shape index (κ1) is 16.3. The van der Waals surface area contributed by atoms with E-state index in [-0.39, 0.29) is 6.03 Å². The Bertz CT molecular complexity index is 253. The fraction of sp³-hybridized carbons (Fsp3) is 0.938. The van der Waals surface area contributed by atoms with Gasteiger partial charge in [-0.2, -0.15) is 0 Å². The van der Waals surface area contributed by atoms with Crippen LogP contribution in [0.15, 0.2) is 0 Å². The van der Waals surface area contributed by atoms with Gasteiger partial charge in [0, 0.05) is 19.6 Å². The molecule has 0 spiro atoms. The van der Waals surface area contributed by atoms with Crippen LogP contribution in [0, 0.1) is 11.8 Å². The molecule has 0 aliphatic carbocycles. The highest BCUT2D eigenvalue weighted by atomic mass is 16.2. The van der Waals surface area contributed by atoms with E-state index in [4.69, 9.17) is 0 Å². The van der Waals surface area contributed by atoms with Gasteiger partial charge in [0.2, 0.25) is 0 Å². The van der Waals surface area contributed by atoms with Crippen molar-refractivity contribution in [2.24, 2.45) is 11.8 Å². The molecule has 0 saturated carbocycles. The van der Waals surface area contributed by atoms with Crippen molar-refractivity contribution in [1.29, 1.82) is 0 Å². The molecule has 1 aliphatic heterocycles. The average Bonchev–Trinajstić information content (AvgIpc) is 2.37. The standard InChI is InChI=1S/C16H32N2O/c1-14(2)9-6-4-5-7-11-17-16(19)18-12-8-10-15(3)13-18/h14-15H,4-13H2,1-3H3,(H,17,19). The zero-order chi connectivity index (χ0) is 14.1. The summed E-state index contributed by atoms with van der Waals surface area (Å²) in [5, 5.41) is 3.06. The highest BCUT2D eigenvalue weighted by Crippen LogP contribution is 2.15. The summed E-state index contributed by atoms with van der Waals surface area (Å²) in [5.41, 5.74) is 0. The third kappa shape index (κ3) is 7.44. The van der Waals surface area contributed by atoms with Crippen LogP contribution in [0.25, 0.3) is 0 Å². The second kappa shape index (κ2) is 9.22. The Hall–Kier alpha value is -0.730. The zero-order valence-electron chi connectivity index (χ0n) is 13.1. The van der Waals surface area contributed by atoms with E-state index in [9.17, 15) is 4.79 Å². The number of hydrogen-bond acceptors (Lipinski definition) is 1. The molecular formula is C16H32N2O. The summed E-state index contributed by atoms with van der Waals surface area (Å²) >= 11 is 0. The Labute approximate surface area is 119 Å². The maximum absolute atomic E-state index is 11.9. The van der Waals surface area contributed by atoms with Gasteiger partial charge in [-0.3, -0.25) is 0 Å². The third-order valence-electron chi connectivity index (χ3n) is 3.93. The van der Waals surface area contributed by atoms with E-state index in [0.29, 0.717) is 5.92 Å². The maximum Gasteiger partial charge on any atom is 0.317 e. The van der Waals surface area contributed by atoms with Crippen LogP contribution < -0.4 is 5.32 Å². The van der Waals surface area contributed by atoms with Crippen LogP contribution in [0.3, 0.4) is 0 Å². The summed E-state index contributed by atoms with van der Waals surface area (Å²) in [6.07, 6.45) is 8.74. The fourth-order valence-corrected chi connectivity index (χ4v) is 2.71. The zero-order valence-corrected chi connectivity index (χ0v) is 13.1. The number of nitrogens with one attached hydrogen (secondary N) is 1. The molecule has 19 heavy (non-hydrogen) atoms. The largest absolute Gasteiger partial charge is 0.338 e. The van der Waals surface area contributed by atoms with Crippen LogP contribution in [-0.4, -0.2) is 30.6 Å². The van der Waals surface area contributed by atoms with Crippen LogP contribution in [0.2, 0.25) is 0 Å². The number of carbonyl (C=O) groups excluding carboxylic acids is 1. The van der Waals surface area contributed by atoms with Gasteiger partial charge < -0.3 is 10.2 Å². The summed E-state index contributed by atoms with van der Waals surface area (Å²) < 4.78 is 0. The summed E-state index contributed by atoms with van der Waals surface area (Å²) in [6, 6.07) is 0.147. The van der Waals surface area contributed by atoms with Crippen LogP contribution >= 0.6 is 0 Å². The van der Waals surface area contributed by atoms with Crippen molar-refractivity contribution in [2.75, 3.05) is 19.6 Å². The van der Waals surface area contributed by atoms with Gasteiger partial charge in [0.05, 0.1) is 0 Å². The molecule has 0 bridgehead atoms. The number of urea groups is 1. The molecule has 1 fully saturated rings.